The second-order valence-electron chi connectivity index (χ2n) is 9.23. The number of likely N-dealkylation sites (tertiary alicyclic amines) is 1. The van der Waals surface area contributed by atoms with E-state index in [9.17, 15) is 22.0 Å². The minimum absolute atomic E-state index is 0.0288. The summed E-state index contributed by atoms with van der Waals surface area (Å²) in [7, 11) is -4.08. The Morgan fingerprint density at radius 3 is 2.37 bits per heavy atom. The second kappa shape index (κ2) is 9.81. The van der Waals surface area contributed by atoms with Crippen LogP contribution >= 0.6 is 11.3 Å². The molecule has 16 heteroatoms. The smallest absolute Gasteiger partial charge is 0.320 e. The van der Waals surface area contributed by atoms with Gasteiger partial charge in [0.2, 0.25) is 5.13 Å². The highest BCUT2D eigenvalue weighted by Crippen LogP contribution is 2.35. The van der Waals surface area contributed by atoms with Crippen LogP contribution in [0.1, 0.15) is 24.3 Å². The van der Waals surface area contributed by atoms with E-state index in [1.807, 2.05) is 14.7 Å². The number of hydrogen-bond acceptors (Lipinski definition) is 9. The number of aromatic nitrogens is 4. The molecule has 6 rings (SSSR count). The molecule has 3 aliphatic heterocycles. The fourth-order valence-electron chi connectivity index (χ4n) is 4.76. The molecule has 0 aliphatic carbocycles. The predicted octanol–water partition coefficient (Wildman–Crippen LogP) is 2.31. The van der Waals surface area contributed by atoms with Gasteiger partial charge in [0.05, 0.1) is 35.5 Å². The zero-order valence-electron chi connectivity index (χ0n) is 20.2. The van der Waals surface area contributed by atoms with Gasteiger partial charge in [0.1, 0.15) is 0 Å². The SMILES string of the molecule is O=C(N1CCCC1)N1CCN(c2cc(S(=O)(=O)N=C3COC3)cc3c2cnn3-c2nnc(C(F)F)s2)CC1. The van der Waals surface area contributed by atoms with Crippen LogP contribution in [0, 0.1) is 0 Å². The number of nitrogens with zero attached hydrogens (tertiary/aromatic N) is 8. The van der Waals surface area contributed by atoms with E-state index in [-0.39, 0.29) is 29.3 Å². The monoisotopic (exact) mass is 566 g/mol. The first-order chi connectivity index (χ1) is 18.3. The Hall–Kier alpha value is -3.24. The van der Waals surface area contributed by atoms with Crippen LogP contribution in [0.25, 0.3) is 16.0 Å². The van der Waals surface area contributed by atoms with Crippen molar-refractivity contribution in [3.8, 4) is 5.13 Å². The van der Waals surface area contributed by atoms with Gasteiger partial charge in [-0.3, -0.25) is 0 Å². The fraction of sp³-hybridized carbons (Fsp3) is 0.500. The van der Waals surface area contributed by atoms with Gasteiger partial charge in [-0.1, -0.05) is 11.3 Å². The Morgan fingerprint density at radius 1 is 1.03 bits per heavy atom. The third-order valence-corrected chi connectivity index (χ3v) is 9.03. The normalized spacial score (nSPS) is 18.5. The number of halogens is 2. The third kappa shape index (κ3) is 4.60. The number of rotatable bonds is 5. The third-order valence-electron chi connectivity index (χ3n) is 6.79. The molecule has 3 aliphatic rings. The van der Waals surface area contributed by atoms with Crippen molar-refractivity contribution in [1.82, 2.24) is 29.8 Å². The molecule has 2 aromatic heterocycles. The Bertz CT molecular complexity index is 1500. The molecule has 2 amide bonds. The van der Waals surface area contributed by atoms with Gasteiger partial charge in [0.25, 0.3) is 16.4 Å². The van der Waals surface area contributed by atoms with Crippen LogP contribution in [0.15, 0.2) is 27.6 Å². The fourth-order valence-corrected chi connectivity index (χ4v) is 6.51. The maximum absolute atomic E-state index is 13.2. The summed E-state index contributed by atoms with van der Waals surface area (Å²) < 4.78 is 62.9. The highest BCUT2D eigenvalue weighted by Gasteiger charge is 2.29. The van der Waals surface area contributed by atoms with Crippen molar-refractivity contribution in [3.63, 3.8) is 0 Å². The van der Waals surface area contributed by atoms with E-state index < -0.39 is 21.5 Å². The van der Waals surface area contributed by atoms with E-state index in [2.05, 4.69) is 19.7 Å². The zero-order chi connectivity index (χ0) is 26.4. The topological polar surface area (TPSA) is 126 Å². The number of hydrogen-bond donors (Lipinski definition) is 0. The largest absolute Gasteiger partial charge is 0.369 e. The van der Waals surface area contributed by atoms with Crippen molar-refractivity contribution in [3.05, 3.63) is 23.3 Å². The van der Waals surface area contributed by atoms with E-state index in [0.29, 0.717) is 59.8 Å². The summed E-state index contributed by atoms with van der Waals surface area (Å²) in [6, 6.07) is 3.00. The highest BCUT2D eigenvalue weighted by molar-refractivity contribution is 7.90. The minimum Gasteiger partial charge on any atom is -0.369 e. The lowest BCUT2D eigenvalue weighted by Gasteiger charge is -2.38. The molecular weight excluding hydrogens is 542 g/mol. The standard InChI is InChI=1S/C22H24F2N8O4S2/c23-19(24)20-26-27-21(37-20)32-18-10-15(38(34,35)28-14-12-36-13-14)9-17(16(18)11-25-32)29-5-7-31(8-6-29)22(33)30-3-1-2-4-30/h9-11,19H,1-8,12-13H2. The molecule has 38 heavy (non-hydrogen) atoms. The van der Waals surface area contributed by atoms with Crippen molar-refractivity contribution < 1.29 is 26.7 Å². The Kier molecular flexibility index (Phi) is 6.47. The molecule has 0 saturated carbocycles. The number of carbonyl (C=O) groups is 1. The predicted molar refractivity (Wildman–Crippen MR) is 135 cm³/mol. The molecule has 202 valence electrons. The van der Waals surface area contributed by atoms with Crippen LogP contribution in [0.2, 0.25) is 0 Å². The second-order valence-corrected chi connectivity index (χ2v) is 11.8. The summed E-state index contributed by atoms with van der Waals surface area (Å²) in [6.07, 6.45) is 0.796. The molecule has 3 fully saturated rings. The lowest BCUT2D eigenvalue weighted by molar-refractivity contribution is 0.150. The number of anilines is 1. The molecule has 1 aromatic carbocycles. The molecule has 12 nitrogen and oxygen atoms in total. The van der Waals surface area contributed by atoms with Crippen molar-refractivity contribution in [2.75, 3.05) is 57.4 Å². The van der Waals surface area contributed by atoms with E-state index >= 15 is 0 Å². The molecule has 0 spiro atoms. The first kappa shape index (κ1) is 25.1. The number of alkyl halides is 2. The number of amides is 2. The average Bonchev–Trinajstić information content (AvgIpc) is 3.66. The number of urea groups is 1. The lowest BCUT2D eigenvalue weighted by Crippen LogP contribution is -2.52. The van der Waals surface area contributed by atoms with Gasteiger partial charge in [-0.25, -0.2) is 18.3 Å². The van der Waals surface area contributed by atoms with Crippen molar-refractivity contribution >= 4 is 49.7 Å². The zero-order valence-corrected chi connectivity index (χ0v) is 21.8. The molecule has 5 heterocycles. The van der Waals surface area contributed by atoms with Crippen LogP contribution in [0.5, 0.6) is 0 Å². The van der Waals surface area contributed by atoms with Gasteiger partial charge in [0, 0.05) is 50.3 Å². The van der Waals surface area contributed by atoms with Gasteiger partial charge in [0.15, 0.2) is 5.01 Å². The maximum atomic E-state index is 13.2. The number of carbonyl (C=O) groups excluding carboxylic acids is 1. The maximum Gasteiger partial charge on any atom is 0.320 e. The molecular formula is C22H24F2N8O4S2. The van der Waals surface area contributed by atoms with E-state index in [1.165, 1.54) is 10.7 Å². The van der Waals surface area contributed by atoms with Crippen molar-refractivity contribution in [1.29, 1.82) is 0 Å². The van der Waals surface area contributed by atoms with Gasteiger partial charge in [-0.2, -0.15) is 17.9 Å². The molecule has 3 saturated heterocycles. The van der Waals surface area contributed by atoms with Crippen molar-refractivity contribution in [2.24, 2.45) is 4.40 Å². The summed E-state index contributed by atoms with van der Waals surface area (Å²) in [6.45, 7) is 3.78. The first-order valence-corrected chi connectivity index (χ1v) is 14.4. The molecule has 0 unspecified atom stereocenters. The number of fused-ring (bicyclic) bond motifs is 1. The van der Waals surface area contributed by atoms with Gasteiger partial charge < -0.3 is 19.4 Å². The van der Waals surface area contributed by atoms with E-state index in [1.54, 1.807) is 12.3 Å². The molecule has 0 bridgehead atoms. The van der Waals surface area contributed by atoms with Crippen LogP contribution in [0.3, 0.4) is 0 Å². The molecule has 0 radical (unpaired) electrons. The minimum atomic E-state index is -4.08. The average molecular weight is 567 g/mol. The van der Waals surface area contributed by atoms with Crippen LogP contribution < -0.4 is 4.90 Å². The Balaban J connectivity index is 1.37. The Morgan fingerprint density at radius 2 is 1.74 bits per heavy atom. The number of benzene rings is 1. The van der Waals surface area contributed by atoms with Crippen molar-refractivity contribution in [2.45, 2.75) is 24.2 Å². The summed E-state index contributed by atoms with van der Waals surface area (Å²) in [5.74, 6) is 0. The first-order valence-electron chi connectivity index (χ1n) is 12.1. The van der Waals surface area contributed by atoms with Gasteiger partial charge in [-0.15, -0.1) is 10.2 Å². The van der Waals surface area contributed by atoms with E-state index in [4.69, 9.17) is 4.74 Å². The molecule has 0 N–H and O–H groups in total. The van der Waals surface area contributed by atoms with Crippen LogP contribution in [-0.4, -0.2) is 102 Å². The van der Waals surface area contributed by atoms with Gasteiger partial charge in [-0.05, 0) is 25.0 Å². The summed E-state index contributed by atoms with van der Waals surface area (Å²) >= 11 is 0.680. The highest BCUT2D eigenvalue weighted by atomic mass is 32.2. The quantitative estimate of drug-likeness (QED) is 0.461. The van der Waals surface area contributed by atoms with Gasteiger partial charge >= 0.3 is 6.03 Å². The lowest BCUT2D eigenvalue weighted by atomic mass is 10.1. The molecule has 3 aromatic rings. The summed E-state index contributed by atoms with van der Waals surface area (Å²) in [5, 5.41) is 12.0. The van der Waals surface area contributed by atoms with Crippen LogP contribution in [-0.2, 0) is 14.8 Å². The van der Waals surface area contributed by atoms with E-state index in [0.717, 1.165) is 25.9 Å². The summed E-state index contributed by atoms with van der Waals surface area (Å²) in [4.78, 5) is 18.5. The molecule has 0 atom stereocenters. The summed E-state index contributed by atoms with van der Waals surface area (Å²) in [5.41, 5.74) is 1.39. The number of sulfonamides is 1. The Labute approximate surface area is 220 Å². The number of ether oxygens (including phenoxy) is 1. The number of piperazine rings is 1. The van der Waals surface area contributed by atoms with Crippen LogP contribution in [0.4, 0.5) is 19.3 Å².